The minimum atomic E-state index is -0.296. The SMILES string of the molecule is OC1CN(Cc2ccn[nH]2)CC2(CCN(Cc3ccc(F)cc3Cl)CC2)C1. The largest absolute Gasteiger partial charge is 0.392 e. The van der Waals surface area contributed by atoms with Crippen molar-refractivity contribution in [3.8, 4) is 0 Å². The summed E-state index contributed by atoms with van der Waals surface area (Å²) in [5.74, 6) is -0.296. The van der Waals surface area contributed by atoms with E-state index in [0.717, 1.165) is 69.8 Å². The highest BCUT2D eigenvalue weighted by molar-refractivity contribution is 6.31. The number of hydrogen-bond acceptors (Lipinski definition) is 4. The molecule has 0 aliphatic carbocycles. The summed E-state index contributed by atoms with van der Waals surface area (Å²) < 4.78 is 13.2. The van der Waals surface area contributed by atoms with E-state index in [2.05, 4.69) is 20.0 Å². The standard InChI is InChI=1S/C20H26ClFN4O/c21-19-9-16(22)2-1-15(19)11-25-7-4-20(5-8-25)10-18(27)13-26(14-20)12-17-3-6-23-24-17/h1-3,6,9,18,27H,4-5,7-8,10-14H2,(H,23,24). The Morgan fingerprint density at radius 2 is 2.04 bits per heavy atom. The quantitative estimate of drug-likeness (QED) is 0.839. The average molecular weight is 393 g/mol. The zero-order valence-corrected chi connectivity index (χ0v) is 16.1. The van der Waals surface area contributed by atoms with E-state index < -0.39 is 0 Å². The lowest BCUT2D eigenvalue weighted by molar-refractivity contribution is -0.0450. The topological polar surface area (TPSA) is 55.4 Å². The summed E-state index contributed by atoms with van der Waals surface area (Å²) in [6.07, 6.45) is 4.48. The predicted molar refractivity (Wildman–Crippen MR) is 103 cm³/mol. The van der Waals surface area contributed by atoms with Crippen molar-refractivity contribution in [2.45, 2.75) is 38.5 Å². The van der Waals surface area contributed by atoms with Crippen LogP contribution in [0, 0.1) is 11.2 Å². The van der Waals surface area contributed by atoms with E-state index in [0.29, 0.717) is 5.02 Å². The van der Waals surface area contributed by atoms with Crippen molar-refractivity contribution >= 4 is 11.6 Å². The number of piperidine rings is 2. The monoisotopic (exact) mass is 392 g/mol. The number of aliphatic hydroxyl groups excluding tert-OH is 1. The van der Waals surface area contributed by atoms with Crippen molar-refractivity contribution in [1.82, 2.24) is 20.0 Å². The third-order valence-electron chi connectivity index (χ3n) is 5.97. The normalized spacial score (nSPS) is 23.7. The van der Waals surface area contributed by atoms with Crippen molar-refractivity contribution in [3.63, 3.8) is 0 Å². The van der Waals surface area contributed by atoms with Crippen LogP contribution in [0.1, 0.15) is 30.5 Å². The Bertz CT molecular complexity index is 761. The number of nitrogens with zero attached hydrogens (tertiary/aromatic N) is 3. The molecular formula is C20H26ClFN4O. The highest BCUT2D eigenvalue weighted by atomic mass is 35.5. The van der Waals surface area contributed by atoms with Gasteiger partial charge in [0.1, 0.15) is 5.82 Å². The number of likely N-dealkylation sites (tertiary alicyclic amines) is 2. The smallest absolute Gasteiger partial charge is 0.124 e. The fraction of sp³-hybridized carbons (Fsp3) is 0.550. The molecule has 146 valence electrons. The molecule has 2 aromatic rings. The molecule has 1 aromatic carbocycles. The molecule has 2 aliphatic heterocycles. The Kier molecular flexibility index (Phi) is 5.50. The first kappa shape index (κ1) is 18.9. The summed E-state index contributed by atoms with van der Waals surface area (Å²) in [5.41, 5.74) is 2.22. The molecule has 7 heteroatoms. The lowest BCUT2D eigenvalue weighted by atomic mass is 9.71. The summed E-state index contributed by atoms with van der Waals surface area (Å²) in [4.78, 5) is 4.72. The first-order chi connectivity index (χ1) is 13.0. The second-order valence-electron chi connectivity index (χ2n) is 8.12. The van der Waals surface area contributed by atoms with E-state index in [9.17, 15) is 9.50 Å². The van der Waals surface area contributed by atoms with Gasteiger partial charge in [0.25, 0.3) is 0 Å². The Labute approximate surface area is 164 Å². The molecule has 2 fully saturated rings. The molecule has 5 nitrogen and oxygen atoms in total. The van der Waals surface area contributed by atoms with Gasteiger partial charge in [-0.2, -0.15) is 5.10 Å². The Morgan fingerprint density at radius 1 is 1.22 bits per heavy atom. The van der Waals surface area contributed by atoms with Gasteiger partial charge in [0.2, 0.25) is 0 Å². The van der Waals surface area contributed by atoms with Crippen LogP contribution in [-0.2, 0) is 13.1 Å². The van der Waals surface area contributed by atoms with Gasteiger partial charge in [0, 0.05) is 43.1 Å². The molecule has 0 radical (unpaired) electrons. The van der Waals surface area contributed by atoms with E-state index in [1.54, 1.807) is 12.3 Å². The Hall–Kier alpha value is -1.47. The van der Waals surface area contributed by atoms with Gasteiger partial charge in [-0.05, 0) is 61.5 Å². The number of hydrogen-bond donors (Lipinski definition) is 2. The third-order valence-corrected chi connectivity index (χ3v) is 6.33. The maximum atomic E-state index is 13.2. The van der Waals surface area contributed by atoms with Crippen LogP contribution < -0.4 is 0 Å². The molecule has 0 amide bonds. The van der Waals surface area contributed by atoms with Gasteiger partial charge in [0.05, 0.1) is 6.10 Å². The van der Waals surface area contributed by atoms with Gasteiger partial charge in [-0.15, -0.1) is 0 Å². The van der Waals surface area contributed by atoms with Crippen molar-refractivity contribution in [1.29, 1.82) is 0 Å². The summed E-state index contributed by atoms with van der Waals surface area (Å²) in [5, 5.41) is 18.0. The summed E-state index contributed by atoms with van der Waals surface area (Å²) in [6.45, 7) is 5.21. The highest BCUT2D eigenvalue weighted by Crippen LogP contribution is 2.40. The molecule has 1 spiro atoms. The van der Waals surface area contributed by atoms with Crippen LogP contribution in [0.3, 0.4) is 0 Å². The highest BCUT2D eigenvalue weighted by Gasteiger charge is 2.41. The van der Waals surface area contributed by atoms with E-state index in [1.807, 2.05) is 6.07 Å². The maximum absolute atomic E-state index is 13.2. The van der Waals surface area contributed by atoms with Crippen LogP contribution in [0.25, 0.3) is 0 Å². The number of aromatic nitrogens is 2. The van der Waals surface area contributed by atoms with Crippen LogP contribution in [0.2, 0.25) is 5.02 Å². The predicted octanol–water partition coefficient (Wildman–Crippen LogP) is 3.05. The number of aromatic amines is 1. The second-order valence-corrected chi connectivity index (χ2v) is 8.53. The number of aliphatic hydroxyl groups is 1. The third kappa shape index (κ3) is 4.51. The molecule has 1 aromatic heterocycles. The zero-order chi connectivity index (χ0) is 18.9. The van der Waals surface area contributed by atoms with Gasteiger partial charge in [-0.3, -0.25) is 14.9 Å². The van der Waals surface area contributed by atoms with E-state index >= 15 is 0 Å². The number of nitrogens with one attached hydrogen (secondary N) is 1. The van der Waals surface area contributed by atoms with Crippen molar-refractivity contribution in [2.75, 3.05) is 26.2 Å². The minimum absolute atomic E-state index is 0.167. The fourth-order valence-electron chi connectivity index (χ4n) is 4.64. The van der Waals surface area contributed by atoms with Crippen molar-refractivity contribution in [2.24, 2.45) is 5.41 Å². The van der Waals surface area contributed by atoms with E-state index in [1.165, 1.54) is 12.1 Å². The van der Waals surface area contributed by atoms with Crippen molar-refractivity contribution in [3.05, 3.63) is 52.6 Å². The molecule has 4 rings (SSSR count). The Balaban J connectivity index is 1.36. The zero-order valence-electron chi connectivity index (χ0n) is 15.4. The summed E-state index contributed by atoms with van der Waals surface area (Å²) in [7, 11) is 0. The molecular weight excluding hydrogens is 367 g/mol. The van der Waals surface area contributed by atoms with Crippen LogP contribution >= 0.6 is 11.6 Å². The summed E-state index contributed by atoms with van der Waals surface area (Å²) in [6, 6.07) is 6.62. The number of rotatable bonds is 4. The first-order valence-corrected chi connectivity index (χ1v) is 9.94. The lowest BCUT2D eigenvalue weighted by Crippen LogP contribution is -2.53. The lowest BCUT2D eigenvalue weighted by Gasteiger charge is -2.49. The molecule has 27 heavy (non-hydrogen) atoms. The molecule has 2 saturated heterocycles. The van der Waals surface area contributed by atoms with Gasteiger partial charge in [-0.1, -0.05) is 17.7 Å². The van der Waals surface area contributed by atoms with E-state index in [-0.39, 0.29) is 17.3 Å². The van der Waals surface area contributed by atoms with Gasteiger partial charge >= 0.3 is 0 Å². The second kappa shape index (κ2) is 7.87. The van der Waals surface area contributed by atoms with Crippen LogP contribution in [0.15, 0.2) is 30.5 Å². The fourth-order valence-corrected chi connectivity index (χ4v) is 4.87. The number of β-amino-alcohol motifs (C(OH)–C–C–N with tert-alkyl or cyclic N) is 1. The Morgan fingerprint density at radius 3 is 2.74 bits per heavy atom. The summed E-state index contributed by atoms with van der Waals surface area (Å²) >= 11 is 6.18. The molecule has 2 N–H and O–H groups in total. The maximum Gasteiger partial charge on any atom is 0.124 e. The van der Waals surface area contributed by atoms with Gasteiger partial charge in [-0.25, -0.2) is 4.39 Å². The van der Waals surface area contributed by atoms with Gasteiger partial charge in [0.15, 0.2) is 0 Å². The molecule has 0 saturated carbocycles. The van der Waals surface area contributed by atoms with Crippen LogP contribution in [-0.4, -0.2) is 57.4 Å². The van der Waals surface area contributed by atoms with Gasteiger partial charge < -0.3 is 5.11 Å². The number of H-pyrrole nitrogens is 1. The number of benzene rings is 1. The van der Waals surface area contributed by atoms with Crippen LogP contribution in [0.4, 0.5) is 4.39 Å². The molecule has 1 unspecified atom stereocenters. The first-order valence-electron chi connectivity index (χ1n) is 9.56. The molecule has 3 heterocycles. The minimum Gasteiger partial charge on any atom is -0.392 e. The van der Waals surface area contributed by atoms with Crippen molar-refractivity contribution < 1.29 is 9.50 Å². The molecule has 0 bridgehead atoms. The van der Waals surface area contributed by atoms with Crippen LogP contribution in [0.5, 0.6) is 0 Å². The average Bonchev–Trinajstić information content (AvgIpc) is 3.12. The van der Waals surface area contributed by atoms with E-state index in [4.69, 9.17) is 11.6 Å². The molecule has 2 aliphatic rings. The number of halogens is 2. The molecule has 1 atom stereocenters.